The third-order valence-electron chi connectivity index (χ3n) is 4.91. The Balaban J connectivity index is 1.80. The van der Waals surface area contributed by atoms with E-state index in [-0.39, 0.29) is 12.1 Å². The highest BCUT2D eigenvalue weighted by Crippen LogP contribution is 2.41. The Morgan fingerprint density at radius 1 is 1.14 bits per heavy atom. The first kappa shape index (κ1) is 19.1. The molecule has 1 saturated heterocycles. The second-order valence-corrected chi connectivity index (χ2v) is 7.89. The van der Waals surface area contributed by atoms with E-state index in [2.05, 4.69) is 66.2 Å². The van der Waals surface area contributed by atoms with Gasteiger partial charge in [0.1, 0.15) is 6.04 Å². The number of methoxy groups -OCH3 is 1. The van der Waals surface area contributed by atoms with Crippen LogP contribution in [0, 0.1) is 0 Å². The van der Waals surface area contributed by atoms with Gasteiger partial charge in [-0.15, -0.1) is 0 Å². The molecule has 4 rings (SSSR count). The summed E-state index contributed by atoms with van der Waals surface area (Å²) < 4.78 is 8.56. The van der Waals surface area contributed by atoms with E-state index in [9.17, 15) is 0 Å². The predicted molar refractivity (Wildman–Crippen MR) is 118 cm³/mol. The molecule has 1 aliphatic rings. The molecular formula is C21H21BrN4OS. The largest absolute Gasteiger partial charge is 0.383 e. The van der Waals surface area contributed by atoms with Crippen molar-refractivity contribution in [3.63, 3.8) is 0 Å². The number of ether oxygens (including phenoxy) is 1. The van der Waals surface area contributed by atoms with Crippen LogP contribution in [0.4, 0.5) is 5.69 Å². The molecule has 1 N–H and O–H groups in total. The highest BCUT2D eigenvalue weighted by molar-refractivity contribution is 9.10. The van der Waals surface area contributed by atoms with Crippen LogP contribution in [0.2, 0.25) is 0 Å². The lowest BCUT2D eigenvalue weighted by Gasteiger charge is -2.29. The van der Waals surface area contributed by atoms with Crippen LogP contribution in [0.1, 0.15) is 23.5 Å². The third-order valence-corrected chi connectivity index (χ3v) is 5.75. The van der Waals surface area contributed by atoms with Crippen molar-refractivity contribution in [2.75, 3.05) is 18.6 Å². The molecule has 7 heteroatoms. The van der Waals surface area contributed by atoms with Gasteiger partial charge in [0.25, 0.3) is 0 Å². The maximum atomic E-state index is 5.76. The average Bonchev–Trinajstić information content (AvgIpc) is 3.31. The van der Waals surface area contributed by atoms with Crippen LogP contribution in [0.3, 0.4) is 0 Å². The quantitative estimate of drug-likeness (QED) is 0.554. The van der Waals surface area contributed by atoms with Gasteiger partial charge in [0.15, 0.2) is 5.11 Å². The van der Waals surface area contributed by atoms with E-state index in [1.165, 1.54) is 5.69 Å². The summed E-state index contributed by atoms with van der Waals surface area (Å²) in [6.45, 7) is 1.43. The van der Waals surface area contributed by atoms with Gasteiger partial charge in [-0.05, 0) is 60.7 Å². The van der Waals surface area contributed by atoms with E-state index in [1.807, 2.05) is 36.5 Å². The van der Waals surface area contributed by atoms with Crippen LogP contribution in [0.25, 0.3) is 0 Å². The fraction of sp³-hybridized carbons (Fsp3) is 0.238. The second kappa shape index (κ2) is 8.43. The number of pyridine rings is 1. The Bertz CT molecular complexity index is 945. The molecule has 0 saturated carbocycles. The van der Waals surface area contributed by atoms with Gasteiger partial charge in [-0.3, -0.25) is 4.98 Å². The van der Waals surface area contributed by atoms with Crippen LogP contribution < -0.4 is 10.2 Å². The number of anilines is 1. The summed E-state index contributed by atoms with van der Waals surface area (Å²) in [5.74, 6) is 0. The first-order valence-corrected chi connectivity index (χ1v) is 10.3. The molecule has 3 heterocycles. The molecule has 0 spiro atoms. The van der Waals surface area contributed by atoms with Gasteiger partial charge in [-0.1, -0.05) is 22.0 Å². The molecule has 2 atom stereocenters. The molecule has 144 valence electrons. The summed E-state index contributed by atoms with van der Waals surface area (Å²) in [6, 6.07) is 18.4. The summed E-state index contributed by atoms with van der Waals surface area (Å²) >= 11 is 9.27. The number of hydrogen-bond acceptors (Lipinski definition) is 3. The number of nitrogens with zero attached hydrogens (tertiary/aromatic N) is 3. The van der Waals surface area contributed by atoms with Crippen molar-refractivity contribution in [3.8, 4) is 0 Å². The SMILES string of the molecule is COCCn1cccc1[C@@H]1[C@H](c2ccccn2)NC(=S)N1c1ccc(Br)cc1. The average molecular weight is 457 g/mol. The molecule has 0 aliphatic carbocycles. The highest BCUT2D eigenvalue weighted by Gasteiger charge is 2.41. The van der Waals surface area contributed by atoms with Crippen molar-refractivity contribution in [3.05, 3.63) is 82.9 Å². The summed E-state index contributed by atoms with van der Waals surface area (Å²) in [5, 5.41) is 4.19. The number of aromatic nitrogens is 2. The smallest absolute Gasteiger partial charge is 0.174 e. The Morgan fingerprint density at radius 2 is 1.96 bits per heavy atom. The van der Waals surface area contributed by atoms with Crippen LogP contribution in [-0.4, -0.2) is 28.4 Å². The Kier molecular flexibility index (Phi) is 5.75. The summed E-state index contributed by atoms with van der Waals surface area (Å²) in [6.07, 6.45) is 3.91. The van der Waals surface area contributed by atoms with E-state index < -0.39 is 0 Å². The van der Waals surface area contributed by atoms with E-state index in [1.54, 1.807) is 7.11 Å². The lowest BCUT2D eigenvalue weighted by molar-refractivity contribution is 0.186. The van der Waals surface area contributed by atoms with E-state index >= 15 is 0 Å². The van der Waals surface area contributed by atoms with Crippen molar-refractivity contribution >= 4 is 38.9 Å². The second-order valence-electron chi connectivity index (χ2n) is 6.59. The van der Waals surface area contributed by atoms with Gasteiger partial charge in [-0.25, -0.2) is 0 Å². The minimum atomic E-state index is -0.0476. The Labute approximate surface area is 178 Å². The highest BCUT2D eigenvalue weighted by atomic mass is 79.9. The standard InChI is InChI=1S/C21H21BrN4OS/c1-27-14-13-25-12-4-6-18(25)20-19(17-5-2-3-11-23-17)24-21(28)26(20)16-9-7-15(22)8-10-16/h2-12,19-20H,13-14H2,1H3,(H,24,28)/t19-,20+/m0/s1. The van der Waals surface area contributed by atoms with Crippen molar-refractivity contribution in [2.24, 2.45) is 0 Å². The van der Waals surface area contributed by atoms with Crippen molar-refractivity contribution in [1.29, 1.82) is 0 Å². The Hall–Kier alpha value is -2.22. The topological polar surface area (TPSA) is 42.3 Å². The minimum Gasteiger partial charge on any atom is -0.383 e. The van der Waals surface area contributed by atoms with Gasteiger partial charge in [0.05, 0.1) is 18.3 Å². The van der Waals surface area contributed by atoms with Gasteiger partial charge < -0.3 is 19.5 Å². The molecule has 2 aromatic heterocycles. The predicted octanol–water partition coefficient (Wildman–Crippen LogP) is 4.47. The molecule has 28 heavy (non-hydrogen) atoms. The fourth-order valence-electron chi connectivity index (χ4n) is 3.62. The lowest BCUT2D eigenvalue weighted by Crippen LogP contribution is -2.30. The zero-order valence-electron chi connectivity index (χ0n) is 15.5. The number of hydrogen-bond donors (Lipinski definition) is 1. The molecule has 1 aliphatic heterocycles. The van der Waals surface area contributed by atoms with Crippen molar-refractivity contribution in [2.45, 2.75) is 18.6 Å². The molecule has 3 aromatic rings. The minimum absolute atomic E-state index is 0.0181. The monoisotopic (exact) mass is 456 g/mol. The normalized spacial score (nSPS) is 19.1. The van der Waals surface area contributed by atoms with E-state index in [4.69, 9.17) is 17.0 Å². The molecule has 0 unspecified atom stereocenters. The van der Waals surface area contributed by atoms with Gasteiger partial charge in [0.2, 0.25) is 0 Å². The van der Waals surface area contributed by atoms with Crippen molar-refractivity contribution in [1.82, 2.24) is 14.9 Å². The number of nitrogens with one attached hydrogen (secondary N) is 1. The van der Waals surface area contributed by atoms with Crippen LogP contribution >= 0.6 is 28.1 Å². The molecule has 1 fully saturated rings. The maximum Gasteiger partial charge on any atom is 0.174 e. The Morgan fingerprint density at radius 3 is 2.68 bits per heavy atom. The molecule has 5 nitrogen and oxygen atoms in total. The van der Waals surface area contributed by atoms with E-state index in [0.29, 0.717) is 11.7 Å². The molecule has 0 bridgehead atoms. The first-order chi connectivity index (χ1) is 13.7. The van der Waals surface area contributed by atoms with Crippen LogP contribution in [0.5, 0.6) is 0 Å². The first-order valence-electron chi connectivity index (χ1n) is 9.09. The number of rotatable bonds is 6. The molecule has 0 radical (unpaired) electrons. The van der Waals surface area contributed by atoms with Crippen LogP contribution in [-0.2, 0) is 11.3 Å². The maximum absolute atomic E-state index is 5.76. The van der Waals surface area contributed by atoms with E-state index in [0.717, 1.165) is 22.4 Å². The van der Waals surface area contributed by atoms with Crippen LogP contribution in [0.15, 0.2) is 71.5 Å². The summed E-state index contributed by atoms with van der Waals surface area (Å²) in [7, 11) is 1.72. The molecule has 1 aromatic carbocycles. The molecular weight excluding hydrogens is 436 g/mol. The lowest BCUT2D eigenvalue weighted by atomic mass is 10.0. The van der Waals surface area contributed by atoms with Crippen molar-refractivity contribution < 1.29 is 4.74 Å². The third kappa shape index (κ3) is 3.70. The molecule has 0 amide bonds. The number of thiocarbonyl (C=S) groups is 1. The number of halogens is 1. The summed E-state index contributed by atoms with van der Waals surface area (Å²) in [5.41, 5.74) is 3.18. The zero-order valence-corrected chi connectivity index (χ0v) is 17.9. The zero-order chi connectivity index (χ0) is 19.5. The fourth-order valence-corrected chi connectivity index (χ4v) is 4.23. The summed E-state index contributed by atoms with van der Waals surface area (Å²) in [4.78, 5) is 6.78. The van der Waals surface area contributed by atoms with Gasteiger partial charge in [-0.2, -0.15) is 0 Å². The van der Waals surface area contributed by atoms with Gasteiger partial charge in [0, 0.05) is 41.9 Å². The number of benzene rings is 1. The van der Waals surface area contributed by atoms with Gasteiger partial charge >= 0.3 is 0 Å².